The summed E-state index contributed by atoms with van der Waals surface area (Å²) in [6, 6.07) is 9.46. The molecule has 0 amide bonds. The van der Waals surface area contributed by atoms with Crippen molar-refractivity contribution in [2.45, 2.75) is 13.8 Å². The Hall–Kier alpha value is -1.83. The molecule has 0 aliphatic rings. The van der Waals surface area contributed by atoms with E-state index in [1.165, 1.54) is 0 Å². The fourth-order valence-electron chi connectivity index (χ4n) is 1.85. The van der Waals surface area contributed by atoms with Crippen molar-refractivity contribution in [2.75, 3.05) is 0 Å². The molecule has 0 atom stereocenters. The van der Waals surface area contributed by atoms with Crippen LogP contribution in [0.4, 0.5) is 0 Å². The van der Waals surface area contributed by atoms with Crippen LogP contribution >= 0.6 is 0 Å². The standard InChI is InChI=1S/C13H12O2/c1-8-7-10-5-3-4-6-11(10)12(9(8)2)13(14)15/h3-7H,1-2H3,(H,14,15)/p-1. The Morgan fingerprint density at radius 1 is 1.20 bits per heavy atom. The monoisotopic (exact) mass is 199 g/mol. The molecule has 0 bridgehead atoms. The number of carboxylic acids is 1. The van der Waals surface area contributed by atoms with Crippen molar-refractivity contribution in [1.82, 2.24) is 0 Å². The summed E-state index contributed by atoms with van der Waals surface area (Å²) >= 11 is 0. The smallest absolute Gasteiger partial charge is 0.0724 e. The maximum absolute atomic E-state index is 11.1. The fraction of sp³-hybridized carbons (Fsp3) is 0.154. The molecule has 0 unspecified atom stereocenters. The fourth-order valence-corrected chi connectivity index (χ4v) is 1.85. The van der Waals surface area contributed by atoms with Crippen molar-refractivity contribution in [3.05, 3.63) is 47.0 Å². The molecular weight excluding hydrogens is 188 g/mol. The quantitative estimate of drug-likeness (QED) is 0.702. The lowest BCUT2D eigenvalue weighted by atomic mass is 9.96. The SMILES string of the molecule is Cc1cc2ccccc2c(C(=O)[O-])c1C. The van der Waals surface area contributed by atoms with Crippen LogP contribution in [-0.4, -0.2) is 5.97 Å². The first-order valence-electron chi connectivity index (χ1n) is 4.81. The number of fused-ring (bicyclic) bond motifs is 1. The van der Waals surface area contributed by atoms with Gasteiger partial charge in [0.25, 0.3) is 0 Å². The van der Waals surface area contributed by atoms with Crippen LogP contribution in [0.15, 0.2) is 30.3 Å². The number of benzene rings is 2. The maximum atomic E-state index is 11.1. The van der Waals surface area contributed by atoms with Gasteiger partial charge >= 0.3 is 0 Å². The molecule has 2 nitrogen and oxygen atoms in total. The summed E-state index contributed by atoms with van der Waals surface area (Å²) in [6.07, 6.45) is 0. The number of carbonyl (C=O) groups is 1. The number of rotatable bonds is 1. The molecule has 0 N–H and O–H groups in total. The Bertz CT molecular complexity index is 541. The minimum absolute atomic E-state index is 0.311. The first kappa shape index (κ1) is 9.71. The zero-order valence-electron chi connectivity index (χ0n) is 8.70. The lowest BCUT2D eigenvalue weighted by molar-refractivity contribution is -0.254. The lowest BCUT2D eigenvalue weighted by Crippen LogP contribution is -2.24. The molecule has 2 aromatic rings. The minimum Gasteiger partial charge on any atom is -0.545 e. The molecule has 0 spiro atoms. The third-order valence-corrected chi connectivity index (χ3v) is 2.77. The highest BCUT2D eigenvalue weighted by atomic mass is 16.4. The van der Waals surface area contributed by atoms with Crippen LogP contribution < -0.4 is 5.11 Å². The summed E-state index contributed by atoms with van der Waals surface area (Å²) in [5.74, 6) is -1.10. The van der Waals surface area contributed by atoms with Gasteiger partial charge in [-0.3, -0.25) is 0 Å². The highest BCUT2D eigenvalue weighted by Gasteiger charge is 2.07. The van der Waals surface area contributed by atoms with Gasteiger partial charge in [0, 0.05) is 5.56 Å². The van der Waals surface area contributed by atoms with Crippen LogP contribution in [0.5, 0.6) is 0 Å². The molecule has 76 valence electrons. The van der Waals surface area contributed by atoms with Crippen molar-refractivity contribution in [1.29, 1.82) is 0 Å². The van der Waals surface area contributed by atoms with Crippen LogP contribution in [0.25, 0.3) is 10.8 Å². The Morgan fingerprint density at radius 2 is 1.87 bits per heavy atom. The highest BCUT2D eigenvalue weighted by Crippen LogP contribution is 2.24. The Labute approximate surface area is 88.2 Å². The van der Waals surface area contributed by atoms with Gasteiger partial charge in [0.1, 0.15) is 0 Å². The first-order valence-corrected chi connectivity index (χ1v) is 4.81. The molecule has 0 saturated carbocycles. The predicted molar refractivity (Wildman–Crippen MR) is 57.8 cm³/mol. The summed E-state index contributed by atoms with van der Waals surface area (Å²) in [5, 5.41) is 12.8. The molecule has 0 heterocycles. The van der Waals surface area contributed by atoms with Gasteiger partial charge in [-0.15, -0.1) is 0 Å². The minimum atomic E-state index is -1.10. The van der Waals surface area contributed by atoms with Crippen LogP contribution in [0.1, 0.15) is 21.5 Å². The molecule has 2 rings (SSSR count). The number of aromatic carboxylic acids is 1. The number of aryl methyl sites for hydroxylation is 1. The normalized spacial score (nSPS) is 10.5. The molecule has 0 aliphatic heterocycles. The van der Waals surface area contributed by atoms with Gasteiger partial charge in [-0.2, -0.15) is 0 Å². The number of hydrogen-bond donors (Lipinski definition) is 0. The van der Waals surface area contributed by atoms with Gasteiger partial charge < -0.3 is 9.90 Å². The van der Waals surface area contributed by atoms with E-state index in [1.807, 2.05) is 44.2 Å². The summed E-state index contributed by atoms with van der Waals surface area (Å²) in [6.45, 7) is 3.72. The van der Waals surface area contributed by atoms with Gasteiger partial charge in [0.15, 0.2) is 0 Å². The van der Waals surface area contributed by atoms with Crippen molar-refractivity contribution in [3.63, 3.8) is 0 Å². The average molecular weight is 199 g/mol. The van der Waals surface area contributed by atoms with Gasteiger partial charge in [-0.05, 0) is 35.7 Å². The molecule has 0 aliphatic carbocycles. The Morgan fingerprint density at radius 3 is 2.53 bits per heavy atom. The second-order valence-electron chi connectivity index (χ2n) is 3.70. The zero-order chi connectivity index (χ0) is 11.0. The first-order chi connectivity index (χ1) is 7.11. The van der Waals surface area contributed by atoms with Crippen LogP contribution in [0.3, 0.4) is 0 Å². The molecular formula is C13H11O2-. The zero-order valence-corrected chi connectivity index (χ0v) is 8.70. The predicted octanol–water partition coefficient (Wildman–Crippen LogP) is 1.82. The van der Waals surface area contributed by atoms with E-state index in [9.17, 15) is 9.90 Å². The maximum Gasteiger partial charge on any atom is 0.0724 e. The van der Waals surface area contributed by atoms with Crippen LogP contribution in [0, 0.1) is 13.8 Å². The van der Waals surface area contributed by atoms with E-state index >= 15 is 0 Å². The molecule has 0 radical (unpaired) electrons. The molecule has 2 heteroatoms. The van der Waals surface area contributed by atoms with Crippen molar-refractivity contribution in [2.24, 2.45) is 0 Å². The topological polar surface area (TPSA) is 40.1 Å². The molecule has 0 saturated heterocycles. The summed E-state index contributed by atoms with van der Waals surface area (Å²) in [7, 11) is 0. The highest BCUT2D eigenvalue weighted by molar-refractivity contribution is 6.04. The van der Waals surface area contributed by atoms with Gasteiger partial charge in [-0.25, -0.2) is 0 Å². The average Bonchev–Trinajstić information content (AvgIpc) is 2.19. The number of carboxylic acid groups (broad SMARTS) is 1. The number of hydrogen-bond acceptors (Lipinski definition) is 2. The van der Waals surface area contributed by atoms with E-state index in [1.54, 1.807) is 0 Å². The molecule has 2 aromatic carbocycles. The lowest BCUT2D eigenvalue weighted by Gasteiger charge is -2.13. The van der Waals surface area contributed by atoms with E-state index in [4.69, 9.17) is 0 Å². The summed E-state index contributed by atoms with van der Waals surface area (Å²) < 4.78 is 0. The largest absolute Gasteiger partial charge is 0.545 e. The van der Waals surface area contributed by atoms with E-state index < -0.39 is 5.97 Å². The van der Waals surface area contributed by atoms with Crippen LogP contribution in [-0.2, 0) is 0 Å². The molecule has 0 fully saturated rings. The summed E-state index contributed by atoms with van der Waals surface area (Å²) in [4.78, 5) is 11.1. The van der Waals surface area contributed by atoms with E-state index in [-0.39, 0.29) is 0 Å². The van der Waals surface area contributed by atoms with E-state index in [0.29, 0.717) is 5.56 Å². The van der Waals surface area contributed by atoms with Gasteiger partial charge in [-0.1, -0.05) is 30.3 Å². The molecule has 15 heavy (non-hydrogen) atoms. The summed E-state index contributed by atoms with van der Waals surface area (Å²) in [5.41, 5.74) is 2.08. The van der Waals surface area contributed by atoms with E-state index in [0.717, 1.165) is 21.9 Å². The Balaban J connectivity index is 2.95. The second kappa shape index (κ2) is 3.39. The number of carbonyl (C=O) groups excluding carboxylic acids is 1. The Kier molecular flexibility index (Phi) is 2.19. The molecule has 0 aromatic heterocycles. The van der Waals surface area contributed by atoms with Gasteiger partial charge in [0.05, 0.1) is 5.97 Å². The third kappa shape index (κ3) is 1.48. The third-order valence-electron chi connectivity index (χ3n) is 2.77. The van der Waals surface area contributed by atoms with Crippen molar-refractivity contribution in [3.8, 4) is 0 Å². The van der Waals surface area contributed by atoms with E-state index in [2.05, 4.69) is 0 Å². The van der Waals surface area contributed by atoms with Gasteiger partial charge in [0.2, 0.25) is 0 Å². The van der Waals surface area contributed by atoms with Crippen molar-refractivity contribution >= 4 is 16.7 Å². The second-order valence-corrected chi connectivity index (χ2v) is 3.70. The van der Waals surface area contributed by atoms with Crippen LogP contribution in [0.2, 0.25) is 0 Å². The van der Waals surface area contributed by atoms with Crippen molar-refractivity contribution < 1.29 is 9.90 Å².